The van der Waals surface area contributed by atoms with E-state index in [1.54, 1.807) is 37.3 Å². The molecule has 3 aromatic rings. The van der Waals surface area contributed by atoms with Gasteiger partial charge in [-0.1, -0.05) is 29.8 Å². The zero-order valence-electron chi connectivity index (χ0n) is 15.3. The lowest BCUT2D eigenvalue weighted by molar-refractivity contribution is -0.118. The Balaban J connectivity index is 1.48. The van der Waals surface area contributed by atoms with E-state index in [0.717, 1.165) is 10.9 Å². The lowest BCUT2D eigenvalue weighted by Gasteiger charge is -2.07. The molecule has 0 aliphatic rings. The van der Waals surface area contributed by atoms with Crippen LogP contribution in [0.3, 0.4) is 0 Å². The average Bonchev–Trinajstić information content (AvgIpc) is 3.02. The van der Waals surface area contributed by atoms with E-state index in [9.17, 15) is 14.4 Å². The van der Waals surface area contributed by atoms with E-state index in [4.69, 9.17) is 11.6 Å². The Hall–Kier alpha value is -3.12. The molecule has 6 nitrogen and oxygen atoms in total. The van der Waals surface area contributed by atoms with E-state index in [-0.39, 0.29) is 18.9 Å². The Morgan fingerprint density at radius 2 is 1.75 bits per heavy atom. The predicted molar refractivity (Wildman–Crippen MR) is 110 cm³/mol. The molecule has 144 valence electrons. The highest BCUT2D eigenvalue weighted by atomic mass is 35.5. The largest absolute Gasteiger partial charge is 0.358 e. The number of anilines is 1. The number of para-hydroxylation sites is 1. The number of hydrogen-bond acceptors (Lipinski definition) is 3. The highest BCUT2D eigenvalue weighted by Gasteiger charge is 2.22. The fourth-order valence-electron chi connectivity index (χ4n) is 2.97. The van der Waals surface area contributed by atoms with Crippen LogP contribution in [0.4, 0.5) is 5.69 Å². The normalized spacial score (nSPS) is 10.6. The number of ketones is 1. The fraction of sp³-hybridized carbons (Fsp3) is 0.190. The van der Waals surface area contributed by atoms with Gasteiger partial charge in [0, 0.05) is 40.3 Å². The number of hydrogen-bond donors (Lipinski definition) is 3. The van der Waals surface area contributed by atoms with Crippen LogP contribution in [0.5, 0.6) is 0 Å². The SMILES string of the molecule is Cc1[nH]c2ccccc2c1C(=O)C(=O)NCCCC(=O)Nc1ccc(Cl)cc1. The van der Waals surface area contributed by atoms with E-state index in [1.165, 1.54) is 0 Å². The van der Waals surface area contributed by atoms with Crippen LogP contribution in [0.15, 0.2) is 48.5 Å². The third-order valence-electron chi connectivity index (χ3n) is 4.32. The first kappa shape index (κ1) is 19.6. The predicted octanol–water partition coefficient (Wildman–Crippen LogP) is 3.85. The monoisotopic (exact) mass is 397 g/mol. The van der Waals surface area contributed by atoms with Crippen molar-refractivity contribution in [1.82, 2.24) is 10.3 Å². The van der Waals surface area contributed by atoms with Crippen molar-refractivity contribution in [2.75, 3.05) is 11.9 Å². The molecule has 1 aromatic heterocycles. The number of fused-ring (bicyclic) bond motifs is 1. The smallest absolute Gasteiger partial charge is 0.292 e. The minimum atomic E-state index is -0.675. The molecule has 0 saturated carbocycles. The van der Waals surface area contributed by atoms with Gasteiger partial charge in [-0.25, -0.2) is 0 Å². The summed E-state index contributed by atoms with van der Waals surface area (Å²) in [6.45, 7) is 2.00. The van der Waals surface area contributed by atoms with Crippen molar-refractivity contribution in [2.24, 2.45) is 0 Å². The molecule has 3 rings (SSSR count). The Labute approximate surface area is 167 Å². The summed E-state index contributed by atoms with van der Waals surface area (Å²) in [6.07, 6.45) is 0.647. The maximum atomic E-state index is 12.5. The van der Waals surface area contributed by atoms with Crippen LogP contribution < -0.4 is 10.6 Å². The van der Waals surface area contributed by atoms with E-state index in [1.807, 2.05) is 18.2 Å². The molecule has 1 heterocycles. The van der Waals surface area contributed by atoms with Gasteiger partial charge < -0.3 is 15.6 Å². The van der Waals surface area contributed by atoms with Gasteiger partial charge >= 0.3 is 0 Å². The number of aromatic amines is 1. The Bertz CT molecular complexity index is 1030. The number of amides is 2. The molecule has 2 aromatic carbocycles. The third-order valence-corrected chi connectivity index (χ3v) is 4.57. The number of aromatic nitrogens is 1. The van der Waals surface area contributed by atoms with Crippen molar-refractivity contribution >= 4 is 45.8 Å². The average molecular weight is 398 g/mol. The number of nitrogens with one attached hydrogen (secondary N) is 3. The van der Waals surface area contributed by atoms with E-state index in [2.05, 4.69) is 15.6 Å². The number of carbonyl (C=O) groups is 3. The van der Waals surface area contributed by atoms with Crippen LogP contribution >= 0.6 is 11.6 Å². The second-order valence-electron chi connectivity index (χ2n) is 6.41. The second-order valence-corrected chi connectivity index (χ2v) is 6.85. The standard InChI is InChI=1S/C21H20ClN3O3/c1-13-19(16-5-2-3-6-17(16)24-13)20(27)21(28)23-12-4-7-18(26)25-15-10-8-14(22)9-11-15/h2-3,5-6,8-11,24H,4,7,12H2,1H3,(H,23,28)(H,25,26). The molecule has 0 spiro atoms. The van der Waals surface area contributed by atoms with Crippen LogP contribution in [0.25, 0.3) is 10.9 Å². The van der Waals surface area contributed by atoms with Gasteiger partial charge in [0.2, 0.25) is 5.91 Å². The maximum Gasteiger partial charge on any atom is 0.292 e. The van der Waals surface area contributed by atoms with Gasteiger partial charge in [-0.15, -0.1) is 0 Å². The summed E-state index contributed by atoms with van der Waals surface area (Å²) < 4.78 is 0. The van der Waals surface area contributed by atoms with Crippen LogP contribution in [0.2, 0.25) is 5.02 Å². The summed E-state index contributed by atoms with van der Waals surface area (Å²) >= 11 is 5.80. The van der Waals surface area contributed by atoms with Gasteiger partial charge in [-0.2, -0.15) is 0 Å². The molecule has 0 aliphatic carbocycles. The highest BCUT2D eigenvalue weighted by molar-refractivity contribution is 6.45. The molecular weight excluding hydrogens is 378 g/mol. The number of aryl methyl sites for hydroxylation is 1. The molecule has 3 N–H and O–H groups in total. The molecule has 0 fully saturated rings. The zero-order chi connectivity index (χ0) is 20.1. The first-order chi connectivity index (χ1) is 13.5. The van der Waals surface area contributed by atoms with E-state index >= 15 is 0 Å². The van der Waals surface area contributed by atoms with E-state index < -0.39 is 11.7 Å². The van der Waals surface area contributed by atoms with Crippen LogP contribution in [-0.4, -0.2) is 29.1 Å². The molecule has 7 heteroatoms. The topological polar surface area (TPSA) is 91.1 Å². The van der Waals surface area contributed by atoms with Crippen molar-refractivity contribution in [3.63, 3.8) is 0 Å². The number of Topliss-reactive ketones (excluding diaryl/α,β-unsaturated/α-hetero) is 1. The van der Waals surface area contributed by atoms with Crippen molar-refractivity contribution in [1.29, 1.82) is 0 Å². The second kappa shape index (κ2) is 8.71. The summed E-state index contributed by atoms with van der Waals surface area (Å²) in [5.74, 6) is -1.43. The molecule has 0 atom stereocenters. The van der Waals surface area contributed by atoms with Gasteiger partial charge in [0.05, 0.1) is 5.56 Å². The van der Waals surface area contributed by atoms with Crippen molar-refractivity contribution in [2.45, 2.75) is 19.8 Å². The van der Waals surface area contributed by atoms with Crippen LogP contribution in [0.1, 0.15) is 28.9 Å². The van der Waals surface area contributed by atoms with Gasteiger partial charge in [0.1, 0.15) is 0 Å². The summed E-state index contributed by atoms with van der Waals surface area (Å²) in [5.41, 5.74) is 2.51. The van der Waals surface area contributed by atoms with Crippen molar-refractivity contribution in [3.05, 3.63) is 64.8 Å². The van der Waals surface area contributed by atoms with Crippen molar-refractivity contribution < 1.29 is 14.4 Å². The van der Waals surface area contributed by atoms with Crippen LogP contribution in [-0.2, 0) is 9.59 Å². The summed E-state index contributed by atoms with van der Waals surface area (Å²) in [7, 11) is 0. The first-order valence-corrected chi connectivity index (χ1v) is 9.29. The number of benzene rings is 2. The van der Waals surface area contributed by atoms with Gasteiger partial charge in [-0.05, 0) is 43.7 Å². The van der Waals surface area contributed by atoms with Gasteiger partial charge in [0.15, 0.2) is 0 Å². The number of rotatable bonds is 7. The molecule has 2 amide bonds. The molecular formula is C21H20ClN3O3. The molecule has 0 saturated heterocycles. The third kappa shape index (κ3) is 4.58. The molecule has 28 heavy (non-hydrogen) atoms. The Morgan fingerprint density at radius 1 is 1.04 bits per heavy atom. The minimum Gasteiger partial charge on any atom is -0.358 e. The number of halogens is 1. The maximum absolute atomic E-state index is 12.5. The van der Waals surface area contributed by atoms with E-state index in [0.29, 0.717) is 28.4 Å². The highest BCUT2D eigenvalue weighted by Crippen LogP contribution is 2.22. The van der Waals surface area contributed by atoms with Gasteiger partial charge in [0.25, 0.3) is 11.7 Å². The molecule has 0 aliphatic heterocycles. The van der Waals surface area contributed by atoms with Crippen molar-refractivity contribution in [3.8, 4) is 0 Å². The molecule has 0 bridgehead atoms. The first-order valence-electron chi connectivity index (χ1n) is 8.91. The minimum absolute atomic E-state index is 0.171. The summed E-state index contributed by atoms with van der Waals surface area (Å²) in [5, 5.41) is 6.66. The summed E-state index contributed by atoms with van der Waals surface area (Å²) in [4.78, 5) is 39.8. The molecule has 0 unspecified atom stereocenters. The summed E-state index contributed by atoms with van der Waals surface area (Å²) in [6, 6.07) is 14.2. The zero-order valence-corrected chi connectivity index (χ0v) is 16.1. The Kier molecular flexibility index (Phi) is 6.11. The molecule has 0 radical (unpaired) electrons. The number of H-pyrrole nitrogens is 1. The lowest BCUT2D eigenvalue weighted by atomic mass is 10.1. The lowest BCUT2D eigenvalue weighted by Crippen LogP contribution is -2.32. The quantitative estimate of drug-likeness (QED) is 0.321. The fourth-order valence-corrected chi connectivity index (χ4v) is 3.10. The number of carbonyl (C=O) groups excluding carboxylic acids is 3. The Morgan fingerprint density at radius 3 is 2.50 bits per heavy atom. The van der Waals surface area contributed by atoms with Crippen LogP contribution in [0, 0.1) is 6.92 Å². The van der Waals surface area contributed by atoms with Gasteiger partial charge in [-0.3, -0.25) is 14.4 Å².